The highest BCUT2D eigenvalue weighted by Gasteiger charge is 2.37. The van der Waals surface area contributed by atoms with Crippen LogP contribution in [0.25, 0.3) is 11.0 Å². The lowest BCUT2D eigenvalue weighted by atomic mass is 9.74. The molecule has 1 unspecified atom stereocenters. The number of benzene rings is 1. The fraction of sp³-hybridized carbons (Fsp3) is 0.500. The Morgan fingerprint density at radius 1 is 1.38 bits per heavy atom. The minimum absolute atomic E-state index is 0.0234. The van der Waals surface area contributed by atoms with Crippen molar-refractivity contribution < 1.29 is 4.79 Å². The molecule has 1 atom stereocenters. The average Bonchev–Trinajstić information content (AvgIpc) is 2.90. The van der Waals surface area contributed by atoms with Gasteiger partial charge in [-0.2, -0.15) is 0 Å². The highest BCUT2D eigenvalue weighted by Crippen LogP contribution is 2.32. The second-order valence-corrected chi connectivity index (χ2v) is 6.32. The van der Waals surface area contributed by atoms with Crippen LogP contribution in [0, 0.1) is 11.3 Å². The fourth-order valence-electron chi connectivity index (χ4n) is 2.93. The van der Waals surface area contributed by atoms with Crippen LogP contribution in [-0.2, 0) is 4.79 Å². The van der Waals surface area contributed by atoms with Crippen molar-refractivity contribution in [3.8, 4) is 0 Å². The van der Waals surface area contributed by atoms with Crippen LogP contribution >= 0.6 is 0 Å². The highest BCUT2D eigenvalue weighted by molar-refractivity contribution is 5.95. The zero-order chi connectivity index (χ0) is 14.9. The van der Waals surface area contributed by atoms with Gasteiger partial charge < -0.3 is 10.3 Å². The van der Waals surface area contributed by atoms with Crippen LogP contribution in [0.5, 0.6) is 0 Å². The first-order valence-electron chi connectivity index (χ1n) is 7.54. The molecule has 1 aliphatic heterocycles. The summed E-state index contributed by atoms with van der Waals surface area (Å²) in [6.45, 7) is 5.99. The van der Waals surface area contributed by atoms with Gasteiger partial charge in [-0.15, -0.1) is 0 Å². The Labute approximate surface area is 124 Å². The molecule has 2 aromatic rings. The van der Waals surface area contributed by atoms with Crippen molar-refractivity contribution in [3.05, 3.63) is 24.3 Å². The quantitative estimate of drug-likeness (QED) is 0.812. The Morgan fingerprint density at radius 2 is 2.19 bits per heavy atom. The number of fused-ring (bicyclic) bond motifs is 1. The normalized spacial score (nSPS) is 19.6. The SMILES string of the molecule is CC(C)(C(=O)Nc1nc2ccccc2[nH]1)C1CCCNC1. The Hall–Kier alpha value is -1.88. The number of nitrogens with one attached hydrogen (secondary N) is 3. The van der Waals surface area contributed by atoms with Gasteiger partial charge in [0, 0.05) is 5.41 Å². The van der Waals surface area contributed by atoms with E-state index in [1.165, 1.54) is 0 Å². The Bertz CT molecular complexity index is 608. The number of H-pyrrole nitrogens is 1. The maximum absolute atomic E-state index is 12.6. The molecule has 0 spiro atoms. The summed E-state index contributed by atoms with van der Waals surface area (Å²) in [5, 5.41) is 6.31. The van der Waals surface area contributed by atoms with Crippen molar-refractivity contribution in [1.29, 1.82) is 0 Å². The lowest BCUT2D eigenvalue weighted by molar-refractivity contribution is -0.127. The van der Waals surface area contributed by atoms with Crippen molar-refractivity contribution in [2.75, 3.05) is 18.4 Å². The molecule has 5 nitrogen and oxygen atoms in total. The van der Waals surface area contributed by atoms with Crippen LogP contribution in [0.15, 0.2) is 24.3 Å². The Balaban J connectivity index is 1.75. The number of carbonyl (C=O) groups is 1. The van der Waals surface area contributed by atoms with Gasteiger partial charge in [-0.05, 0) is 44.0 Å². The summed E-state index contributed by atoms with van der Waals surface area (Å²) < 4.78 is 0. The Morgan fingerprint density at radius 3 is 2.90 bits per heavy atom. The van der Waals surface area contributed by atoms with E-state index in [2.05, 4.69) is 20.6 Å². The predicted octanol–water partition coefficient (Wildman–Crippen LogP) is 2.53. The molecule has 0 saturated carbocycles. The number of piperidine rings is 1. The number of anilines is 1. The summed E-state index contributed by atoms with van der Waals surface area (Å²) in [6, 6.07) is 7.77. The number of para-hydroxylation sites is 2. The first-order chi connectivity index (χ1) is 10.1. The summed E-state index contributed by atoms with van der Waals surface area (Å²) in [5.74, 6) is 0.906. The molecule has 5 heteroatoms. The maximum atomic E-state index is 12.6. The van der Waals surface area contributed by atoms with Crippen molar-refractivity contribution >= 4 is 22.9 Å². The monoisotopic (exact) mass is 286 g/mol. The third-order valence-electron chi connectivity index (χ3n) is 4.52. The number of imidazole rings is 1. The van der Waals surface area contributed by atoms with E-state index in [-0.39, 0.29) is 5.91 Å². The van der Waals surface area contributed by atoms with Gasteiger partial charge in [0.25, 0.3) is 0 Å². The topological polar surface area (TPSA) is 69.8 Å². The van der Waals surface area contributed by atoms with E-state index in [4.69, 9.17) is 0 Å². The largest absolute Gasteiger partial charge is 0.324 e. The number of rotatable bonds is 3. The van der Waals surface area contributed by atoms with Gasteiger partial charge in [-0.25, -0.2) is 4.98 Å². The number of hydrogen-bond donors (Lipinski definition) is 3. The second kappa shape index (κ2) is 5.48. The summed E-state index contributed by atoms with van der Waals surface area (Å²) in [6.07, 6.45) is 2.22. The number of amides is 1. The molecule has 3 rings (SSSR count). The third kappa shape index (κ3) is 2.78. The van der Waals surface area contributed by atoms with Crippen LogP contribution in [-0.4, -0.2) is 29.0 Å². The Kier molecular flexibility index (Phi) is 3.68. The smallest absolute Gasteiger partial charge is 0.232 e. The van der Waals surface area contributed by atoms with E-state index in [1.807, 2.05) is 38.1 Å². The molecule has 1 aromatic carbocycles. The number of aromatic nitrogens is 2. The van der Waals surface area contributed by atoms with Crippen molar-refractivity contribution in [2.45, 2.75) is 26.7 Å². The zero-order valence-electron chi connectivity index (χ0n) is 12.6. The van der Waals surface area contributed by atoms with Crippen LogP contribution in [0.3, 0.4) is 0 Å². The van der Waals surface area contributed by atoms with Gasteiger partial charge in [0.2, 0.25) is 11.9 Å². The van der Waals surface area contributed by atoms with Crippen molar-refractivity contribution in [2.24, 2.45) is 11.3 Å². The van der Waals surface area contributed by atoms with Crippen LogP contribution in [0.4, 0.5) is 5.95 Å². The van der Waals surface area contributed by atoms with E-state index >= 15 is 0 Å². The molecule has 1 aliphatic rings. The molecule has 1 saturated heterocycles. The number of carbonyl (C=O) groups excluding carboxylic acids is 1. The molecule has 112 valence electrons. The fourth-order valence-corrected chi connectivity index (χ4v) is 2.93. The molecular weight excluding hydrogens is 264 g/mol. The van der Waals surface area contributed by atoms with Gasteiger partial charge in [-0.3, -0.25) is 10.1 Å². The zero-order valence-corrected chi connectivity index (χ0v) is 12.6. The number of hydrogen-bond acceptors (Lipinski definition) is 3. The minimum atomic E-state index is -0.410. The summed E-state index contributed by atoms with van der Waals surface area (Å²) in [7, 11) is 0. The highest BCUT2D eigenvalue weighted by atomic mass is 16.2. The van der Waals surface area contributed by atoms with Crippen LogP contribution in [0.2, 0.25) is 0 Å². The van der Waals surface area contributed by atoms with Gasteiger partial charge in [0.1, 0.15) is 0 Å². The van der Waals surface area contributed by atoms with Crippen LogP contribution in [0.1, 0.15) is 26.7 Å². The standard InChI is InChI=1S/C16H22N4O/c1-16(2,11-6-5-9-17-10-11)14(21)20-15-18-12-7-3-4-8-13(12)19-15/h3-4,7-8,11,17H,5-6,9-10H2,1-2H3,(H2,18,19,20,21). The molecular formula is C16H22N4O. The third-order valence-corrected chi connectivity index (χ3v) is 4.52. The number of aromatic amines is 1. The minimum Gasteiger partial charge on any atom is -0.324 e. The maximum Gasteiger partial charge on any atom is 0.232 e. The summed E-state index contributed by atoms with van der Waals surface area (Å²) in [4.78, 5) is 20.2. The molecule has 3 N–H and O–H groups in total. The van der Waals surface area contributed by atoms with Crippen LogP contribution < -0.4 is 10.6 Å². The molecule has 1 amide bonds. The molecule has 1 fully saturated rings. The molecule has 21 heavy (non-hydrogen) atoms. The lowest BCUT2D eigenvalue weighted by Crippen LogP contribution is -2.44. The van der Waals surface area contributed by atoms with Gasteiger partial charge >= 0.3 is 0 Å². The van der Waals surface area contributed by atoms with E-state index < -0.39 is 5.41 Å². The molecule has 2 heterocycles. The summed E-state index contributed by atoms with van der Waals surface area (Å²) >= 11 is 0. The molecule has 0 bridgehead atoms. The van der Waals surface area contributed by atoms with E-state index in [0.29, 0.717) is 11.9 Å². The van der Waals surface area contributed by atoms with E-state index in [9.17, 15) is 4.79 Å². The first kappa shape index (κ1) is 14.1. The summed E-state index contributed by atoms with van der Waals surface area (Å²) in [5.41, 5.74) is 1.39. The average molecular weight is 286 g/mol. The molecule has 0 radical (unpaired) electrons. The first-order valence-corrected chi connectivity index (χ1v) is 7.54. The van der Waals surface area contributed by atoms with Gasteiger partial charge in [0.15, 0.2) is 0 Å². The van der Waals surface area contributed by atoms with E-state index in [1.54, 1.807) is 0 Å². The molecule has 0 aliphatic carbocycles. The lowest BCUT2D eigenvalue weighted by Gasteiger charge is -2.35. The molecule has 1 aromatic heterocycles. The van der Waals surface area contributed by atoms with Crippen molar-refractivity contribution in [3.63, 3.8) is 0 Å². The van der Waals surface area contributed by atoms with E-state index in [0.717, 1.165) is 37.0 Å². The van der Waals surface area contributed by atoms with Gasteiger partial charge in [0.05, 0.1) is 11.0 Å². The van der Waals surface area contributed by atoms with Crippen molar-refractivity contribution in [1.82, 2.24) is 15.3 Å². The number of nitrogens with zero attached hydrogens (tertiary/aromatic N) is 1. The predicted molar refractivity (Wildman–Crippen MR) is 84.1 cm³/mol. The van der Waals surface area contributed by atoms with Gasteiger partial charge in [-0.1, -0.05) is 26.0 Å². The second-order valence-electron chi connectivity index (χ2n) is 6.32.